The molecule has 0 radical (unpaired) electrons. The van der Waals surface area contributed by atoms with Crippen molar-refractivity contribution in [2.75, 3.05) is 0 Å². The van der Waals surface area contributed by atoms with Gasteiger partial charge < -0.3 is 4.74 Å². The summed E-state index contributed by atoms with van der Waals surface area (Å²) in [5.74, 6) is -1.76. The molecule has 0 saturated heterocycles. The summed E-state index contributed by atoms with van der Waals surface area (Å²) in [7, 11) is 0. The zero-order chi connectivity index (χ0) is 17.9. The second-order valence-electron chi connectivity index (χ2n) is 5.08. The molecule has 0 fully saturated rings. The molecule has 0 aliphatic rings. The first-order valence-electron chi connectivity index (χ1n) is 6.83. The Kier molecular flexibility index (Phi) is 5.01. The molecule has 9 heteroatoms. The lowest BCUT2D eigenvalue weighted by molar-refractivity contribution is -0.141. The highest BCUT2D eigenvalue weighted by atomic mass is 19.4. The molecule has 128 valence electrons. The maximum absolute atomic E-state index is 13.4. The van der Waals surface area contributed by atoms with Gasteiger partial charge in [0.25, 0.3) is 0 Å². The fourth-order valence-corrected chi connectivity index (χ4v) is 1.77. The minimum atomic E-state index is -4.68. The van der Waals surface area contributed by atoms with Crippen LogP contribution in [0.4, 0.5) is 17.6 Å². The Morgan fingerprint density at radius 3 is 2.62 bits per heavy atom. The summed E-state index contributed by atoms with van der Waals surface area (Å²) >= 11 is 0. The van der Waals surface area contributed by atoms with Crippen molar-refractivity contribution in [2.45, 2.75) is 26.1 Å². The van der Waals surface area contributed by atoms with E-state index in [1.807, 2.05) is 0 Å². The molecule has 5 nitrogen and oxygen atoms in total. The van der Waals surface area contributed by atoms with Gasteiger partial charge in [0.15, 0.2) is 5.82 Å². The van der Waals surface area contributed by atoms with E-state index >= 15 is 0 Å². The van der Waals surface area contributed by atoms with Gasteiger partial charge in [-0.1, -0.05) is 0 Å². The van der Waals surface area contributed by atoms with Gasteiger partial charge in [-0.15, -0.1) is 5.10 Å². The molecule has 24 heavy (non-hydrogen) atoms. The van der Waals surface area contributed by atoms with Crippen LogP contribution in [0.15, 0.2) is 30.6 Å². The summed E-state index contributed by atoms with van der Waals surface area (Å²) in [6.45, 7) is 3.36. The van der Waals surface area contributed by atoms with Crippen LogP contribution in [0, 0.1) is 5.82 Å². The minimum absolute atomic E-state index is 0.109. The van der Waals surface area contributed by atoms with Crippen molar-refractivity contribution in [2.24, 2.45) is 0 Å². The second kappa shape index (κ2) is 6.81. The first-order valence-corrected chi connectivity index (χ1v) is 6.83. The molecule has 0 bridgehead atoms. The molecule has 1 aromatic carbocycles. The van der Waals surface area contributed by atoms with Crippen molar-refractivity contribution in [3.8, 4) is 11.4 Å². The lowest BCUT2D eigenvalue weighted by atomic mass is 10.1. The number of hydrogen-bond donors (Lipinski definition) is 0. The smallest absolute Gasteiger partial charge is 0.416 e. The first-order chi connectivity index (χ1) is 11.1. The highest BCUT2D eigenvalue weighted by Gasteiger charge is 2.31. The molecular weight excluding hydrogens is 330 g/mol. The molecule has 0 N–H and O–H groups in total. The number of carbonyl (C=O) groups is 1. The number of hydrogen-bond acceptors (Lipinski definition) is 4. The molecule has 0 saturated carbocycles. The SMILES string of the molecule is CC(C)OC(=O)C=Cn1cnc(-c2cc(F)cc(C(F)(F)F)c2)n1. The Morgan fingerprint density at radius 1 is 1.29 bits per heavy atom. The van der Waals surface area contributed by atoms with Crippen molar-refractivity contribution in [1.29, 1.82) is 0 Å². The average molecular weight is 343 g/mol. The van der Waals surface area contributed by atoms with Gasteiger partial charge in [-0.2, -0.15) is 13.2 Å². The molecule has 0 unspecified atom stereocenters. The normalized spacial score (nSPS) is 12.1. The maximum Gasteiger partial charge on any atom is 0.416 e. The Bertz CT molecular complexity index is 766. The van der Waals surface area contributed by atoms with Gasteiger partial charge in [-0.3, -0.25) is 0 Å². The van der Waals surface area contributed by atoms with Gasteiger partial charge in [-0.05, 0) is 32.0 Å². The Labute approximate surface area is 134 Å². The number of halogens is 4. The third-order valence-electron chi connectivity index (χ3n) is 2.71. The van der Waals surface area contributed by atoms with Crippen molar-refractivity contribution < 1.29 is 27.1 Å². The van der Waals surface area contributed by atoms with E-state index in [0.29, 0.717) is 6.07 Å². The van der Waals surface area contributed by atoms with Crippen LogP contribution in [0.3, 0.4) is 0 Å². The van der Waals surface area contributed by atoms with Crippen molar-refractivity contribution >= 4 is 12.2 Å². The quantitative estimate of drug-likeness (QED) is 0.484. The van der Waals surface area contributed by atoms with Crippen LogP contribution >= 0.6 is 0 Å². The van der Waals surface area contributed by atoms with Gasteiger partial charge in [0.2, 0.25) is 0 Å². The fourth-order valence-electron chi connectivity index (χ4n) is 1.77. The van der Waals surface area contributed by atoms with E-state index in [-0.39, 0.29) is 17.5 Å². The van der Waals surface area contributed by atoms with E-state index in [2.05, 4.69) is 10.1 Å². The van der Waals surface area contributed by atoms with Crippen LogP contribution in [-0.4, -0.2) is 26.8 Å². The highest BCUT2D eigenvalue weighted by Crippen LogP contribution is 2.32. The number of esters is 1. The van der Waals surface area contributed by atoms with E-state index in [0.717, 1.165) is 22.9 Å². The Morgan fingerprint density at radius 2 is 2.00 bits per heavy atom. The summed E-state index contributed by atoms with van der Waals surface area (Å²) in [5.41, 5.74) is -1.26. The molecule has 0 aliphatic carbocycles. The van der Waals surface area contributed by atoms with Gasteiger partial charge in [-0.25, -0.2) is 18.9 Å². The molecule has 1 aromatic heterocycles. The van der Waals surface area contributed by atoms with E-state index in [1.54, 1.807) is 13.8 Å². The Balaban J connectivity index is 2.23. The van der Waals surface area contributed by atoms with Crippen LogP contribution in [0.2, 0.25) is 0 Å². The number of rotatable bonds is 4. The van der Waals surface area contributed by atoms with Crippen LogP contribution in [0.25, 0.3) is 17.6 Å². The first kappa shape index (κ1) is 17.6. The standard InChI is InChI=1S/C15H13F4N3O2/c1-9(2)24-13(23)3-4-22-8-20-14(21-22)10-5-11(15(17,18)19)7-12(16)6-10/h3-9H,1-2H3. The van der Waals surface area contributed by atoms with E-state index in [1.165, 1.54) is 12.5 Å². The lowest BCUT2D eigenvalue weighted by Gasteiger charge is -2.07. The maximum atomic E-state index is 13.4. The average Bonchev–Trinajstić information content (AvgIpc) is 2.91. The number of aromatic nitrogens is 3. The zero-order valence-corrected chi connectivity index (χ0v) is 12.7. The monoisotopic (exact) mass is 343 g/mol. The summed E-state index contributed by atoms with van der Waals surface area (Å²) in [5, 5.41) is 3.87. The molecule has 0 amide bonds. The van der Waals surface area contributed by atoms with Crippen LogP contribution < -0.4 is 0 Å². The third kappa shape index (κ3) is 4.64. The van der Waals surface area contributed by atoms with Gasteiger partial charge in [0, 0.05) is 17.8 Å². The molecule has 2 rings (SSSR count). The van der Waals surface area contributed by atoms with Crippen LogP contribution in [0.1, 0.15) is 19.4 Å². The summed E-state index contributed by atoms with van der Waals surface area (Å²) in [6.07, 6.45) is -1.48. The van der Waals surface area contributed by atoms with Crippen molar-refractivity contribution in [3.05, 3.63) is 42.0 Å². The largest absolute Gasteiger partial charge is 0.460 e. The lowest BCUT2D eigenvalue weighted by Crippen LogP contribution is -2.08. The van der Waals surface area contributed by atoms with Crippen molar-refractivity contribution in [1.82, 2.24) is 14.8 Å². The molecule has 0 spiro atoms. The molecule has 1 heterocycles. The summed E-state index contributed by atoms with van der Waals surface area (Å²) in [6, 6.07) is 2.04. The summed E-state index contributed by atoms with van der Waals surface area (Å²) < 4.78 is 57.5. The van der Waals surface area contributed by atoms with Gasteiger partial charge >= 0.3 is 12.1 Å². The molecule has 0 atom stereocenters. The number of ether oxygens (including phenoxy) is 1. The topological polar surface area (TPSA) is 57.0 Å². The van der Waals surface area contributed by atoms with E-state index < -0.39 is 23.5 Å². The highest BCUT2D eigenvalue weighted by molar-refractivity contribution is 5.85. The molecular formula is C15H13F4N3O2. The van der Waals surface area contributed by atoms with E-state index in [9.17, 15) is 22.4 Å². The minimum Gasteiger partial charge on any atom is -0.460 e. The number of alkyl halides is 3. The summed E-state index contributed by atoms with van der Waals surface area (Å²) in [4.78, 5) is 15.2. The number of carbonyl (C=O) groups excluding carboxylic acids is 1. The zero-order valence-electron chi connectivity index (χ0n) is 12.7. The fraction of sp³-hybridized carbons (Fsp3) is 0.267. The van der Waals surface area contributed by atoms with Crippen LogP contribution in [-0.2, 0) is 15.7 Å². The number of benzene rings is 1. The number of nitrogens with zero attached hydrogens (tertiary/aromatic N) is 3. The van der Waals surface area contributed by atoms with E-state index in [4.69, 9.17) is 4.74 Å². The third-order valence-corrected chi connectivity index (χ3v) is 2.71. The van der Waals surface area contributed by atoms with Gasteiger partial charge in [0.05, 0.1) is 11.7 Å². The molecule has 0 aliphatic heterocycles. The van der Waals surface area contributed by atoms with Crippen LogP contribution in [0.5, 0.6) is 0 Å². The van der Waals surface area contributed by atoms with Gasteiger partial charge in [0.1, 0.15) is 12.1 Å². The predicted octanol–water partition coefficient (Wildman–Crippen LogP) is 3.53. The predicted molar refractivity (Wildman–Crippen MR) is 77.0 cm³/mol. The second-order valence-corrected chi connectivity index (χ2v) is 5.08. The van der Waals surface area contributed by atoms with Crippen molar-refractivity contribution in [3.63, 3.8) is 0 Å². The molecule has 2 aromatic rings. The Hall–Kier alpha value is -2.71.